The van der Waals surface area contributed by atoms with Crippen LogP contribution in [0.4, 0.5) is 5.69 Å². The summed E-state index contributed by atoms with van der Waals surface area (Å²) in [6.07, 6.45) is -0.192. The average molecular weight is 286 g/mol. The fraction of sp³-hybridized carbons (Fsp3) is 0.200. The zero-order chi connectivity index (χ0) is 12.1. The van der Waals surface area contributed by atoms with Crippen molar-refractivity contribution in [3.63, 3.8) is 0 Å². The van der Waals surface area contributed by atoms with Gasteiger partial charge < -0.3 is 25.1 Å². The van der Waals surface area contributed by atoms with Gasteiger partial charge in [0.2, 0.25) is 0 Å². The van der Waals surface area contributed by atoms with Crippen LogP contribution in [0.3, 0.4) is 0 Å². The first kappa shape index (κ1) is 12.5. The number of carbonyl (C=O) groups excluding carboxylic acids is 2. The molecule has 0 aliphatic carbocycles. The SMILES string of the molecule is O=C([O-])CCNc1ccc(Br)cc1C(=O)[O-]. The van der Waals surface area contributed by atoms with Crippen molar-refractivity contribution < 1.29 is 19.8 Å². The summed E-state index contributed by atoms with van der Waals surface area (Å²) < 4.78 is 0.608. The number of nitrogens with one attached hydrogen (secondary N) is 1. The first-order chi connectivity index (χ1) is 7.50. The molecule has 0 unspecified atom stereocenters. The van der Waals surface area contributed by atoms with Gasteiger partial charge in [0, 0.05) is 34.7 Å². The van der Waals surface area contributed by atoms with E-state index < -0.39 is 11.9 Å². The van der Waals surface area contributed by atoms with Gasteiger partial charge in [-0.15, -0.1) is 0 Å². The molecule has 1 aromatic carbocycles. The van der Waals surface area contributed by atoms with E-state index in [2.05, 4.69) is 21.2 Å². The van der Waals surface area contributed by atoms with Gasteiger partial charge in [-0.1, -0.05) is 15.9 Å². The zero-order valence-electron chi connectivity index (χ0n) is 8.16. The van der Waals surface area contributed by atoms with Crippen molar-refractivity contribution in [2.24, 2.45) is 0 Å². The molecule has 6 heteroatoms. The van der Waals surface area contributed by atoms with E-state index in [0.29, 0.717) is 10.2 Å². The van der Waals surface area contributed by atoms with Crippen molar-refractivity contribution in [1.29, 1.82) is 0 Å². The maximum atomic E-state index is 10.8. The van der Waals surface area contributed by atoms with E-state index in [0.717, 1.165) is 0 Å². The summed E-state index contributed by atoms with van der Waals surface area (Å²) in [6.45, 7) is 0.101. The molecule has 1 aromatic rings. The minimum absolute atomic E-state index is 0.0206. The molecule has 1 rings (SSSR count). The lowest BCUT2D eigenvalue weighted by atomic mass is 10.2. The first-order valence-corrected chi connectivity index (χ1v) is 5.24. The topological polar surface area (TPSA) is 92.3 Å². The van der Waals surface area contributed by atoms with Crippen LogP contribution in [-0.2, 0) is 4.79 Å². The Morgan fingerprint density at radius 2 is 2.00 bits per heavy atom. The van der Waals surface area contributed by atoms with Crippen LogP contribution in [0.1, 0.15) is 16.8 Å². The third-order valence-electron chi connectivity index (χ3n) is 1.85. The molecule has 0 radical (unpaired) electrons. The summed E-state index contributed by atoms with van der Waals surface area (Å²) >= 11 is 3.13. The number of hydrogen-bond acceptors (Lipinski definition) is 5. The van der Waals surface area contributed by atoms with Crippen molar-refractivity contribution in [3.05, 3.63) is 28.2 Å². The lowest BCUT2D eigenvalue weighted by molar-refractivity contribution is -0.305. The second-order valence-corrected chi connectivity index (χ2v) is 3.94. The van der Waals surface area contributed by atoms with Gasteiger partial charge >= 0.3 is 0 Å². The lowest BCUT2D eigenvalue weighted by Crippen LogP contribution is -2.26. The molecule has 0 spiro atoms. The first-order valence-electron chi connectivity index (χ1n) is 4.45. The van der Waals surface area contributed by atoms with E-state index in [1.165, 1.54) is 12.1 Å². The third-order valence-corrected chi connectivity index (χ3v) is 2.34. The van der Waals surface area contributed by atoms with E-state index in [-0.39, 0.29) is 18.5 Å². The molecule has 0 fully saturated rings. The lowest BCUT2D eigenvalue weighted by Gasteiger charge is -2.13. The van der Waals surface area contributed by atoms with E-state index in [1.807, 2.05) is 0 Å². The standard InChI is InChI=1S/C10H10BrNO4/c11-6-1-2-8(7(5-6)10(15)16)12-4-3-9(13)14/h1-2,5,12H,3-4H2,(H,13,14)(H,15,16)/p-2. The Balaban J connectivity index is 2.78. The van der Waals surface area contributed by atoms with Gasteiger partial charge in [0.05, 0.1) is 5.97 Å². The highest BCUT2D eigenvalue weighted by atomic mass is 79.9. The van der Waals surface area contributed by atoms with Crippen molar-refractivity contribution in [3.8, 4) is 0 Å². The monoisotopic (exact) mass is 285 g/mol. The molecule has 0 amide bonds. The summed E-state index contributed by atoms with van der Waals surface area (Å²) in [6, 6.07) is 4.56. The second-order valence-electron chi connectivity index (χ2n) is 3.03. The van der Waals surface area contributed by atoms with Gasteiger partial charge in [-0.05, 0) is 18.2 Å². The molecule has 0 saturated heterocycles. The van der Waals surface area contributed by atoms with E-state index in [9.17, 15) is 19.8 Å². The van der Waals surface area contributed by atoms with Gasteiger partial charge in [-0.3, -0.25) is 0 Å². The largest absolute Gasteiger partial charge is 0.550 e. The van der Waals surface area contributed by atoms with Crippen LogP contribution in [-0.4, -0.2) is 18.5 Å². The molecule has 5 nitrogen and oxygen atoms in total. The molecule has 0 atom stereocenters. The maximum Gasteiger partial charge on any atom is 0.0736 e. The van der Waals surface area contributed by atoms with Crippen LogP contribution in [0.5, 0.6) is 0 Å². The molecule has 0 saturated carbocycles. The molecular weight excluding hydrogens is 278 g/mol. The molecular formula is C10H8BrNO4-2. The van der Waals surface area contributed by atoms with Crippen LogP contribution >= 0.6 is 15.9 Å². The van der Waals surface area contributed by atoms with E-state index >= 15 is 0 Å². The van der Waals surface area contributed by atoms with Crippen molar-refractivity contribution >= 4 is 33.6 Å². The van der Waals surface area contributed by atoms with Crippen LogP contribution in [0.25, 0.3) is 0 Å². The van der Waals surface area contributed by atoms with E-state index in [1.54, 1.807) is 6.07 Å². The van der Waals surface area contributed by atoms with Crippen LogP contribution < -0.4 is 15.5 Å². The summed E-state index contributed by atoms with van der Waals surface area (Å²) in [5, 5.41) is 23.6. The number of carbonyl (C=O) groups is 2. The highest BCUT2D eigenvalue weighted by molar-refractivity contribution is 9.10. The number of anilines is 1. The Morgan fingerprint density at radius 3 is 2.56 bits per heavy atom. The Morgan fingerprint density at radius 1 is 1.31 bits per heavy atom. The minimum Gasteiger partial charge on any atom is -0.550 e. The maximum absolute atomic E-state index is 10.8. The fourth-order valence-corrected chi connectivity index (χ4v) is 1.50. The molecule has 0 bridgehead atoms. The van der Waals surface area contributed by atoms with Gasteiger partial charge in [0.15, 0.2) is 0 Å². The van der Waals surface area contributed by atoms with Crippen LogP contribution in [0, 0.1) is 0 Å². The number of rotatable bonds is 5. The number of benzene rings is 1. The molecule has 86 valence electrons. The van der Waals surface area contributed by atoms with Gasteiger partial charge in [0.1, 0.15) is 0 Å². The minimum atomic E-state index is -1.32. The Kier molecular flexibility index (Phi) is 4.30. The third kappa shape index (κ3) is 3.54. The van der Waals surface area contributed by atoms with E-state index in [4.69, 9.17) is 0 Å². The van der Waals surface area contributed by atoms with Crippen molar-refractivity contribution in [2.45, 2.75) is 6.42 Å². The molecule has 0 heterocycles. The van der Waals surface area contributed by atoms with Gasteiger partial charge in [-0.2, -0.15) is 0 Å². The summed E-state index contributed by atoms with van der Waals surface area (Å²) in [5.74, 6) is -2.52. The average Bonchev–Trinajstić information content (AvgIpc) is 2.19. The highest BCUT2D eigenvalue weighted by Crippen LogP contribution is 2.20. The molecule has 1 N–H and O–H groups in total. The Hall–Kier alpha value is -1.56. The predicted octanol–water partition coefficient (Wildman–Crippen LogP) is -0.636. The molecule has 0 aliphatic heterocycles. The quantitative estimate of drug-likeness (QED) is 0.777. The van der Waals surface area contributed by atoms with Gasteiger partial charge in [0.25, 0.3) is 0 Å². The number of aromatic carboxylic acids is 1. The predicted molar refractivity (Wildman–Crippen MR) is 56.6 cm³/mol. The fourth-order valence-electron chi connectivity index (χ4n) is 1.14. The van der Waals surface area contributed by atoms with Crippen LogP contribution in [0.2, 0.25) is 0 Å². The number of aliphatic carboxylic acids is 1. The molecule has 16 heavy (non-hydrogen) atoms. The van der Waals surface area contributed by atoms with Crippen LogP contribution in [0.15, 0.2) is 22.7 Å². The Labute approximate surface area is 100 Å². The van der Waals surface area contributed by atoms with Gasteiger partial charge in [-0.25, -0.2) is 0 Å². The summed E-state index contributed by atoms with van der Waals surface area (Å²) in [4.78, 5) is 20.9. The van der Waals surface area contributed by atoms with Crippen molar-refractivity contribution in [2.75, 3.05) is 11.9 Å². The summed E-state index contributed by atoms with van der Waals surface area (Å²) in [7, 11) is 0. The normalized spacial score (nSPS) is 9.81. The number of carboxylic acids is 2. The second kappa shape index (κ2) is 5.50. The van der Waals surface area contributed by atoms with Crippen molar-refractivity contribution in [1.82, 2.24) is 0 Å². The number of halogens is 1. The number of carboxylic acid groups (broad SMARTS) is 2. The zero-order valence-corrected chi connectivity index (χ0v) is 9.74. The Bertz CT molecular complexity index is 419. The number of hydrogen-bond donors (Lipinski definition) is 1. The smallest absolute Gasteiger partial charge is 0.0736 e. The molecule has 0 aliphatic rings. The highest BCUT2D eigenvalue weighted by Gasteiger charge is 2.03. The summed E-state index contributed by atoms with van der Waals surface area (Å²) in [5.41, 5.74) is 0.303. The molecule has 0 aromatic heterocycles.